The molecule has 1 fully saturated rings. The van der Waals surface area contributed by atoms with Crippen molar-refractivity contribution in [3.63, 3.8) is 0 Å². The molecule has 1 atom stereocenters. The molecule has 0 radical (unpaired) electrons. The number of aliphatic imine (C=N–C) groups is 1. The molecule has 0 bridgehead atoms. The Bertz CT molecular complexity index is 899. The molecule has 9 heteroatoms. The van der Waals surface area contributed by atoms with Crippen LogP contribution in [0.1, 0.15) is 43.0 Å². The Morgan fingerprint density at radius 1 is 1.09 bits per heavy atom. The first-order valence-electron chi connectivity index (χ1n) is 11.0. The maximum absolute atomic E-state index is 12.3. The van der Waals surface area contributed by atoms with Crippen LogP contribution in [-0.4, -0.2) is 58.3 Å². The average Bonchev–Trinajstić information content (AvgIpc) is 3.31. The fraction of sp³-hybridized carbons (Fsp3) is 0.522. The Labute approximate surface area is 209 Å². The molecular formula is C23H35IN4O3S. The number of nitrogens with one attached hydrogen (secondary N) is 2. The largest absolute Gasteiger partial charge is 0.468 e. The smallest absolute Gasteiger partial charge is 0.191 e. The third-order valence-electron chi connectivity index (χ3n) is 5.54. The first kappa shape index (κ1) is 26.7. The number of guanidine groups is 1. The van der Waals surface area contributed by atoms with Gasteiger partial charge >= 0.3 is 0 Å². The van der Waals surface area contributed by atoms with E-state index in [1.165, 1.54) is 19.3 Å². The molecule has 7 nitrogen and oxygen atoms in total. The molecule has 2 aromatic rings. The SMILES string of the molecule is CN=C(NCCCS(=O)(=O)Cc1ccccc1)NCC(c1ccco1)N1CCCCC1.I. The maximum Gasteiger partial charge on any atom is 0.191 e. The number of sulfone groups is 1. The van der Waals surface area contributed by atoms with Crippen LogP contribution in [0.5, 0.6) is 0 Å². The first-order chi connectivity index (χ1) is 15.1. The highest BCUT2D eigenvalue weighted by Gasteiger charge is 2.24. The minimum Gasteiger partial charge on any atom is -0.468 e. The number of hydrogen-bond donors (Lipinski definition) is 2. The summed E-state index contributed by atoms with van der Waals surface area (Å²) in [6.45, 7) is 3.36. The van der Waals surface area contributed by atoms with Crippen LogP contribution in [0.3, 0.4) is 0 Å². The summed E-state index contributed by atoms with van der Waals surface area (Å²) >= 11 is 0. The number of benzene rings is 1. The number of halogens is 1. The Balaban J connectivity index is 0.00000363. The molecule has 0 saturated carbocycles. The second-order valence-electron chi connectivity index (χ2n) is 7.94. The average molecular weight is 575 g/mol. The Morgan fingerprint density at radius 2 is 1.84 bits per heavy atom. The molecule has 2 heterocycles. The van der Waals surface area contributed by atoms with E-state index in [4.69, 9.17) is 4.42 Å². The summed E-state index contributed by atoms with van der Waals surface area (Å²) in [6, 6.07) is 13.4. The zero-order valence-corrected chi connectivity index (χ0v) is 21.8. The summed E-state index contributed by atoms with van der Waals surface area (Å²) < 4.78 is 30.4. The van der Waals surface area contributed by atoms with Gasteiger partial charge in [0.1, 0.15) is 5.76 Å². The summed E-state index contributed by atoms with van der Waals surface area (Å²) in [5.41, 5.74) is 0.828. The zero-order valence-electron chi connectivity index (χ0n) is 18.7. The number of rotatable bonds is 10. The van der Waals surface area contributed by atoms with Gasteiger partial charge in [-0.2, -0.15) is 0 Å². The Kier molecular flexibility index (Phi) is 11.5. The molecule has 0 amide bonds. The topological polar surface area (TPSA) is 86.9 Å². The lowest BCUT2D eigenvalue weighted by molar-refractivity contribution is 0.146. The highest BCUT2D eigenvalue weighted by molar-refractivity contribution is 14.0. The molecule has 0 aliphatic carbocycles. The summed E-state index contributed by atoms with van der Waals surface area (Å²) in [5, 5.41) is 6.62. The molecule has 1 aromatic heterocycles. The zero-order chi connectivity index (χ0) is 21.9. The van der Waals surface area contributed by atoms with Gasteiger partial charge in [0.15, 0.2) is 15.8 Å². The number of nitrogens with zero attached hydrogens (tertiary/aromatic N) is 2. The third kappa shape index (κ3) is 8.74. The van der Waals surface area contributed by atoms with E-state index < -0.39 is 9.84 Å². The number of piperidine rings is 1. The van der Waals surface area contributed by atoms with Crippen molar-refractivity contribution in [3.05, 3.63) is 60.1 Å². The van der Waals surface area contributed by atoms with E-state index in [1.807, 2.05) is 42.5 Å². The van der Waals surface area contributed by atoms with Crippen molar-refractivity contribution in [2.75, 3.05) is 39.0 Å². The molecular weight excluding hydrogens is 539 g/mol. The van der Waals surface area contributed by atoms with Crippen LogP contribution < -0.4 is 10.6 Å². The van der Waals surface area contributed by atoms with Gasteiger partial charge in [-0.1, -0.05) is 36.8 Å². The number of likely N-dealkylation sites (tertiary alicyclic amines) is 1. The van der Waals surface area contributed by atoms with Gasteiger partial charge in [-0.05, 0) is 50.0 Å². The van der Waals surface area contributed by atoms with Crippen LogP contribution in [-0.2, 0) is 15.6 Å². The van der Waals surface area contributed by atoms with E-state index in [9.17, 15) is 8.42 Å². The maximum atomic E-state index is 12.3. The van der Waals surface area contributed by atoms with E-state index in [2.05, 4.69) is 20.5 Å². The fourth-order valence-corrected chi connectivity index (χ4v) is 5.36. The highest BCUT2D eigenvalue weighted by Crippen LogP contribution is 2.24. The lowest BCUT2D eigenvalue weighted by Crippen LogP contribution is -2.44. The summed E-state index contributed by atoms with van der Waals surface area (Å²) in [7, 11) is -1.40. The molecule has 1 saturated heterocycles. The van der Waals surface area contributed by atoms with Crippen LogP contribution in [0.2, 0.25) is 0 Å². The summed E-state index contributed by atoms with van der Waals surface area (Å²) in [4.78, 5) is 6.74. The predicted molar refractivity (Wildman–Crippen MR) is 140 cm³/mol. The van der Waals surface area contributed by atoms with Gasteiger partial charge in [0.25, 0.3) is 0 Å². The van der Waals surface area contributed by atoms with Gasteiger partial charge in [0, 0.05) is 20.1 Å². The van der Waals surface area contributed by atoms with Crippen LogP contribution >= 0.6 is 24.0 Å². The summed E-state index contributed by atoms with van der Waals surface area (Å²) in [5.74, 6) is 1.86. The monoisotopic (exact) mass is 574 g/mol. The van der Waals surface area contributed by atoms with Crippen molar-refractivity contribution in [1.29, 1.82) is 0 Å². The Morgan fingerprint density at radius 3 is 2.50 bits per heavy atom. The standard InChI is InChI=1S/C23H34N4O3S.HI/c1-24-23(25-13-9-17-31(28,29)19-20-10-4-2-5-11-20)26-18-21(22-12-8-16-30-22)27-14-6-3-7-15-27;/h2,4-5,8,10-12,16,21H,3,6-7,9,13-15,17-19H2,1H3,(H2,24,25,26);1H. The normalized spacial score (nSPS) is 16.2. The fourth-order valence-electron chi connectivity index (χ4n) is 3.93. The van der Waals surface area contributed by atoms with Crippen LogP contribution in [0.15, 0.2) is 58.1 Å². The molecule has 1 aliphatic rings. The van der Waals surface area contributed by atoms with E-state index >= 15 is 0 Å². The Hall–Kier alpha value is -1.59. The number of furan rings is 1. The van der Waals surface area contributed by atoms with Crippen molar-refractivity contribution in [2.45, 2.75) is 37.5 Å². The summed E-state index contributed by atoms with van der Waals surface area (Å²) in [6.07, 6.45) is 5.95. The second kappa shape index (κ2) is 13.8. The van der Waals surface area contributed by atoms with Crippen molar-refractivity contribution < 1.29 is 12.8 Å². The molecule has 178 valence electrons. The van der Waals surface area contributed by atoms with Gasteiger partial charge in [0.05, 0.1) is 23.8 Å². The molecule has 0 spiro atoms. The molecule has 1 aromatic carbocycles. The number of hydrogen-bond acceptors (Lipinski definition) is 5. The van der Waals surface area contributed by atoms with E-state index in [0.29, 0.717) is 25.5 Å². The van der Waals surface area contributed by atoms with Crippen molar-refractivity contribution in [2.24, 2.45) is 4.99 Å². The lowest BCUT2D eigenvalue weighted by atomic mass is 10.1. The minimum atomic E-state index is -3.13. The van der Waals surface area contributed by atoms with Crippen LogP contribution in [0.25, 0.3) is 0 Å². The van der Waals surface area contributed by atoms with Gasteiger partial charge < -0.3 is 15.1 Å². The van der Waals surface area contributed by atoms with Crippen molar-refractivity contribution >= 4 is 39.8 Å². The highest BCUT2D eigenvalue weighted by atomic mass is 127. The van der Waals surface area contributed by atoms with Crippen LogP contribution in [0.4, 0.5) is 0 Å². The van der Waals surface area contributed by atoms with E-state index in [-0.39, 0.29) is 41.5 Å². The molecule has 2 N–H and O–H groups in total. The first-order valence-corrected chi connectivity index (χ1v) is 12.9. The minimum absolute atomic E-state index is 0. The molecule has 3 rings (SSSR count). The quantitative estimate of drug-likeness (QED) is 0.195. The van der Waals surface area contributed by atoms with Gasteiger partial charge in [0.2, 0.25) is 0 Å². The molecule has 32 heavy (non-hydrogen) atoms. The van der Waals surface area contributed by atoms with E-state index in [0.717, 1.165) is 24.4 Å². The molecule has 1 aliphatic heterocycles. The third-order valence-corrected chi connectivity index (χ3v) is 7.23. The van der Waals surface area contributed by atoms with Gasteiger partial charge in [-0.3, -0.25) is 9.89 Å². The van der Waals surface area contributed by atoms with Crippen LogP contribution in [0, 0.1) is 0 Å². The van der Waals surface area contributed by atoms with Crippen molar-refractivity contribution in [3.8, 4) is 0 Å². The van der Waals surface area contributed by atoms with Gasteiger partial charge in [-0.15, -0.1) is 24.0 Å². The van der Waals surface area contributed by atoms with E-state index in [1.54, 1.807) is 13.3 Å². The second-order valence-corrected chi connectivity index (χ2v) is 10.1. The lowest BCUT2D eigenvalue weighted by Gasteiger charge is -2.33. The molecule has 1 unspecified atom stereocenters. The van der Waals surface area contributed by atoms with Crippen molar-refractivity contribution in [1.82, 2.24) is 15.5 Å². The predicted octanol–water partition coefficient (Wildman–Crippen LogP) is 3.59. The van der Waals surface area contributed by atoms with Gasteiger partial charge in [-0.25, -0.2) is 8.42 Å².